The van der Waals surface area contributed by atoms with Gasteiger partial charge in [-0.3, -0.25) is 0 Å². The zero-order valence-corrected chi connectivity index (χ0v) is 12.1. The van der Waals surface area contributed by atoms with E-state index >= 15 is 0 Å². The summed E-state index contributed by atoms with van der Waals surface area (Å²) in [5.41, 5.74) is 0.994. The molecule has 1 aromatic heterocycles. The van der Waals surface area contributed by atoms with Gasteiger partial charge in [-0.25, -0.2) is 0 Å². The Labute approximate surface area is 126 Å². The fourth-order valence-electron chi connectivity index (χ4n) is 2.77. The Morgan fingerprint density at radius 1 is 1.14 bits per heavy atom. The number of benzene rings is 1. The van der Waals surface area contributed by atoms with E-state index in [1.807, 2.05) is 19.1 Å². The van der Waals surface area contributed by atoms with Crippen molar-refractivity contribution in [2.45, 2.75) is 25.4 Å². The van der Waals surface area contributed by atoms with Crippen LogP contribution in [0.25, 0.3) is 0 Å². The molecule has 1 aromatic carbocycles. The molecule has 1 unspecified atom stereocenters. The molecule has 2 aromatic rings. The van der Waals surface area contributed by atoms with E-state index < -0.39 is 11.7 Å². The van der Waals surface area contributed by atoms with E-state index in [1.165, 1.54) is 12.1 Å². The van der Waals surface area contributed by atoms with Gasteiger partial charge in [0.15, 0.2) is 5.82 Å². The number of nitrogens with zero attached hydrogens (tertiary/aromatic N) is 3. The van der Waals surface area contributed by atoms with Crippen LogP contribution in [0.4, 0.5) is 19.0 Å². The summed E-state index contributed by atoms with van der Waals surface area (Å²) in [6.07, 6.45) is -3.48. The van der Waals surface area contributed by atoms with Gasteiger partial charge in [0.25, 0.3) is 0 Å². The summed E-state index contributed by atoms with van der Waals surface area (Å²) in [6.45, 7) is 3.31. The van der Waals surface area contributed by atoms with Crippen molar-refractivity contribution in [1.82, 2.24) is 10.2 Å². The standard InChI is InChI=1S/C16H16F3N3/c1-11-5-6-15(21-20-11)22-8-7-13(10-22)12-3-2-4-14(9-12)16(17,18)19/h2-6,9,13H,7-8,10H2,1H3. The lowest BCUT2D eigenvalue weighted by Crippen LogP contribution is -2.20. The Morgan fingerprint density at radius 3 is 2.64 bits per heavy atom. The number of halogens is 3. The van der Waals surface area contributed by atoms with E-state index in [1.54, 1.807) is 6.07 Å². The third kappa shape index (κ3) is 3.05. The molecule has 6 heteroatoms. The van der Waals surface area contributed by atoms with Crippen molar-refractivity contribution >= 4 is 5.82 Å². The first-order valence-corrected chi connectivity index (χ1v) is 7.16. The van der Waals surface area contributed by atoms with Crippen molar-refractivity contribution < 1.29 is 13.2 Å². The quantitative estimate of drug-likeness (QED) is 0.845. The summed E-state index contributed by atoms with van der Waals surface area (Å²) in [5.74, 6) is 0.866. The van der Waals surface area contributed by atoms with Crippen LogP contribution >= 0.6 is 0 Å². The third-order valence-corrected chi connectivity index (χ3v) is 3.98. The molecule has 3 nitrogen and oxygen atoms in total. The average Bonchev–Trinajstić information content (AvgIpc) is 2.97. The molecule has 0 saturated carbocycles. The topological polar surface area (TPSA) is 29.0 Å². The molecule has 116 valence electrons. The lowest BCUT2D eigenvalue weighted by Gasteiger charge is -2.17. The molecule has 1 aliphatic heterocycles. The Bertz CT molecular complexity index is 652. The molecule has 0 N–H and O–H groups in total. The van der Waals surface area contributed by atoms with Crippen molar-refractivity contribution in [3.05, 3.63) is 53.2 Å². The van der Waals surface area contributed by atoms with E-state index in [0.29, 0.717) is 6.54 Å². The largest absolute Gasteiger partial charge is 0.416 e. The van der Waals surface area contributed by atoms with Gasteiger partial charge in [-0.15, -0.1) is 5.10 Å². The predicted octanol–water partition coefficient (Wildman–Crippen LogP) is 3.80. The molecule has 2 heterocycles. The predicted molar refractivity (Wildman–Crippen MR) is 77.8 cm³/mol. The normalized spacial score (nSPS) is 18.7. The van der Waals surface area contributed by atoms with Crippen LogP contribution in [-0.2, 0) is 6.18 Å². The number of hydrogen-bond acceptors (Lipinski definition) is 3. The smallest absolute Gasteiger partial charge is 0.354 e. The Morgan fingerprint density at radius 2 is 1.95 bits per heavy atom. The van der Waals surface area contributed by atoms with Crippen molar-refractivity contribution in [3.8, 4) is 0 Å². The number of rotatable bonds is 2. The van der Waals surface area contributed by atoms with Crippen molar-refractivity contribution in [3.63, 3.8) is 0 Å². The van der Waals surface area contributed by atoms with Gasteiger partial charge in [0.2, 0.25) is 0 Å². The number of hydrogen-bond donors (Lipinski definition) is 0. The molecule has 0 aliphatic carbocycles. The van der Waals surface area contributed by atoms with Gasteiger partial charge in [0.05, 0.1) is 11.3 Å². The number of alkyl halides is 3. The van der Waals surface area contributed by atoms with Crippen LogP contribution in [0.1, 0.15) is 29.2 Å². The third-order valence-electron chi connectivity index (χ3n) is 3.98. The fourth-order valence-corrected chi connectivity index (χ4v) is 2.77. The fraction of sp³-hybridized carbons (Fsp3) is 0.375. The first kappa shape index (κ1) is 14.8. The molecular formula is C16H16F3N3. The minimum absolute atomic E-state index is 0.0883. The van der Waals surface area contributed by atoms with Crippen LogP contribution < -0.4 is 4.90 Å². The highest BCUT2D eigenvalue weighted by Crippen LogP contribution is 2.34. The van der Waals surface area contributed by atoms with Crippen molar-refractivity contribution in [1.29, 1.82) is 0 Å². The van der Waals surface area contributed by atoms with Gasteiger partial charge in [0, 0.05) is 19.0 Å². The minimum Gasteiger partial charge on any atom is -0.354 e. The minimum atomic E-state index is -4.29. The Balaban J connectivity index is 1.76. The maximum absolute atomic E-state index is 12.8. The molecule has 1 saturated heterocycles. The van der Waals surface area contributed by atoms with Crippen LogP contribution in [0.2, 0.25) is 0 Å². The molecule has 0 radical (unpaired) electrons. The maximum Gasteiger partial charge on any atom is 0.416 e. The van der Waals surface area contributed by atoms with E-state index in [9.17, 15) is 13.2 Å². The summed E-state index contributed by atoms with van der Waals surface area (Å²) in [5, 5.41) is 8.17. The molecule has 1 atom stereocenters. The van der Waals surface area contributed by atoms with Gasteiger partial charge in [-0.05, 0) is 37.1 Å². The maximum atomic E-state index is 12.8. The van der Waals surface area contributed by atoms with Gasteiger partial charge in [0.1, 0.15) is 0 Å². The van der Waals surface area contributed by atoms with E-state index in [2.05, 4.69) is 15.1 Å². The average molecular weight is 307 g/mol. The summed E-state index contributed by atoms with van der Waals surface area (Å²) in [6, 6.07) is 9.41. The first-order chi connectivity index (χ1) is 10.4. The molecule has 0 amide bonds. The van der Waals surface area contributed by atoms with Crippen LogP contribution in [0.3, 0.4) is 0 Å². The Kier molecular flexibility index (Phi) is 3.76. The lowest BCUT2D eigenvalue weighted by atomic mass is 9.96. The first-order valence-electron chi connectivity index (χ1n) is 7.16. The molecule has 0 spiro atoms. The summed E-state index contributed by atoms with van der Waals surface area (Å²) in [7, 11) is 0. The number of aromatic nitrogens is 2. The van der Waals surface area contributed by atoms with E-state index in [4.69, 9.17) is 0 Å². The number of aryl methyl sites for hydroxylation is 1. The molecule has 3 rings (SSSR count). The summed E-state index contributed by atoms with van der Waals surface area (Å²) < 4.78 is 38.4. The number of anilines is 1. The highest BCUT2D eigenvalue weighted by Gasteiger charge is 2.32. The molecule has 1 fully saturated rings. The van der Waals surface area contributed by atoms with Gasteiger partial charge < -0.3 is 4.90 Å². The van der Waals surface area contributed by atoms with Gasteiger partial charge >= 0.3 is 6.18 Å². The second-order valence-corrected chi connectivity index (χ2v) is 5.59. The van der Waals surface area contributed by atoms with Crippen LogP contribution in [0, 0.1) is 6.92 Å². The van der Waals surface area contributed by atoms with E-state index in [0.717, 1.165) is 36.1 Å². The van der Waals surface area contributed by atoms with Crippen LogP contribution in [0.5, 0.6) is 0 Å². The Hall–Kier alpha value is -2.11. The lowest BCUT2D eigenvalue weighted by molar-refractivity contribution is -0.137. The molecular weight excluding hydrogens is 291 g/mol. The summed E-state index contributed by atoms with van der Waals surface area (Å²) >= 11 is 0. The summed E-state index contributed by atoms with van der Waals surface area (Å²) in [4.78, 5) is 2.07. The monoisotopic (exact) mass is 307 g/mol. The zero-order chi connectivity index (χ0) is 15.7. The highest BCUT2D eigenvalue weighted by molar-refractivity contribution is 5.41. The van der Waals surface area contributed by atoms with Crippen molar-refractivity contribution in [2.24, 2.45) is 0 Å². The van der Waals surface area contributed by atoms with Gasteiger partial charge in [-0.2, -0.15) is 18.3 Å². The highest BCUT2D eigenvalue weighted by atomic mass is 19.4. The molecule has 22 heavy (non-hydrogen) atoms. The van der Waals surface area contributed by atoms with Gasteiger partial charge in [-0.1, -0.05) is 18.2 Å². The van der Waals surface area contributed by atoms with Crippen molar-refractivity contribution in [2.75, 3.05) is 18.0 Å². The van der Waals surface area contributed by atoms with E-state index in [-0.39, 0.29) is 5.92 Å². The SMILES string of the molecule is Cc1ccc(N2CCC(c3cccc(C(F)(F)F)c3)C2)nn1. The zero-order valence-electron chi connectivity index (χ0n) is 12.1. The van der Waals surface area contributed by atoms with Crippen LogP contribution in [-0.4, -0.2) is 23.3 Å². The second kappa shape index (κ2) is 5.59. The second-order valence-electron chi connectivity index (χ2n) is 5.59. The molecule has 0 bridgehead atoms. The molecule has 1 aliphatic rings. The van der Waals surface area contributed by atoms with Crippen LogP contribution in [0.15, 0.2) is 36.4 Å².